The van der Waals surface area contributed by atoms with Gasteiger partial charge in [0.2, 0.25) is 0 Å². The predicted octanol–water partition coefficient (Wildman–Crippen LogP) is 2.29. The number of carbonyl (C=O) groups is 2. The van der Waals surface area contributed by atoms with Crippen molar-refractivity contribution in [1.29, 1.82) is 0 Å². The molecule has 1 atom stereocenters. The Morgan fingerprint density at radius 3 is 2.52 bits per heavy atom. The third-order valence-corrected chi connectivity index (χ3v) is 3.33. The number of ether oxygens (including phenoxy) is 1. The SMILES string of the molecule is CCOC(=O)C(Cc1ccccc1)NC(=O)c1ccc(C)nc1. The monoisotopic (exact) mass is 312 g/mol. The molecular formula is C18H20N2O3. The van der Waals surface area contributed by atoms with Gasteiger partial charge in [0, 0.05) is 18.3 Å². The summed E-state index contributed by atoms with van der Waals surface area (Å²) < 4.78 is 5.06. The molecule has 0 radical (unpaired) electrons. The lowest BCUT2D eigenvalue weighted by Gasteiger charge is -2.17. The minimum absolute atomic E-state index is 0.270. The predicted molar refractivity (Wildman–Crippen MR) is 87.0 cm³/mol. The van der Waals surface area contributed by atoms with E-state index in [0.717, 1.165) is 11.3 Å². The van der Waals surface area contributed by atoms with Gasteiger partial charge in [-0.3, -0.25) is 9.78 Å². The van der Waals surface area contributed by atoms with E-state index in [0.29, 0.717) is 12.0 Å². The second kappa shape index (κ2) is 8.08. The topological polar surface area (TPSA) is 68.3 Å². The molecule has 0 spiro atoms. The summed E-state index contributed by atoms with van der Waals surface area (Å²) in [6.45, 7) is 3.85. The average molecular weight is 312 g/mol. The first-order valence-electron chi connectivity index (χ1n) is 7.54. The Balaban J connectivity index is 2.11. The molecule has 1 N–H and O–H groups in total. The van der Waals surface area contributed by atoms with Gasteiger partial charge < -0.3 is 10.1 Å². The van der Waals surface area contributed by atoms with Crippen LogP contribution < -0.4 is 5.32 Å². The van der Waals surface area contributed by atoms with Crippen LogP contribution in [0.25, 0.3) is 0 Å². The molecule has 0 fully saturated rings. The van der Waals surface area contributed by atoms with Gasteiger partial charge in [0.25, 0.3) is 5.91 Å². The van der Waals surface area contributed by atoms with E-state index in [2.05, 4.69) is 10.3 Å². The molecule has 5 heteroatoms. The number of aromatic nitrogens is 1. The first-order valence-corrected chi connectivity index (χ1v) is 7.54. The number of pyridine rings is 1. The lowest BCUT2D eigenvalue weighted by molar-refractivity contribution is -0.145. The minimum atomic E-state index is -0.730. The molecule has 0 saturated carbocycles. The minimum Gasteiger partial charge on any atom is -0.464 e. The molecule has 2 rings (SSSR count). The zero-order valence-electron chi connectivity index (χ0n) is 13.3. The van der Waals surface area contributed by atoms with Crippen LogP contribution in [0.2, 0.25) is 0 Å². The van der Waals surface area contributed by atoms with Crippen molar-refractivity contribution in [3.8, 4) is 0 Å². The quantitative estimate of drug-likeness (QED) is 0.831. The number of esters is 1. The van der Waals surface area contributed by atoms with Gasteiger partial charge in [-0.2, -0.15) is 0 Å². The lowest BCUT2D eigenvalue weighted by Crippen LogP contribution is -2.43. The summed E-state index contributed by atoms with van der Waals surface area (Å²) in [4.78, 5) is 28.5. The van der Waals surface area contributed by atoms with Crippen molar-refractivity contribution in [2.24, 2.45) is 0 Å². The summed E-state index contributed by atoms with van der Waals surface area (Å²) in [7, 11) is 0. The summed E-state index contributed by atoms with van der Waals surface area (Å²) in [6.07, 6.45) is 1.88. The second-order valence-electron chi connectivity index (χ2n) is 5.16. The van der Waals surface area contributed by atoms with Crippen LogP contribution >= 0.6 is 0 Å². The summed E-state index contributed by atoms with van der Waals surface area (Å²) in [5.41, 5.74) is 2.19. The largest absolute Gasteiger partial charge is 0.464 e. The highest BCUT2D eigenvalue weighted by Crippen LogP contribution is 2.07. The highest BCUT2D eigenvalue weighted by molar-refractivity contribution is 5.96. The molecule has 1 amide bonds. The Morgan fingerprint density at radius 1 is 1.17 bits per heavy atom. The maximum absolute atomic E-state index is 12.3. The zero-order valence-corrected chi connectivity index (χ0v) is 13.3. The highest BCUT2D eigenvalue weighted by atomic mass is 16.5. The van der Waals surface area contributed by atoms with Crippen molar-refractivity contribution < 1.29 is 14.3 Å². The second-order valence-corrected chi connectivity index (χ2v) is 5.16. The third-order valence-electron chi connectivity index (χ3n) is 3.33. The van der Waals surface area contributed by atoms with Crippen LogP contribution in [0.3, 0.4) is 0 Å². The van der Waals surface area contributed by atoms with E-state index in [-0.39, 0.29) is 12.5 Å². The number of nitrogens with one attached hydrogen (secondary N) is 1. The molecule has 5 nitrogen and oxygen atoms in total. The fourth-order valence-corrected chi connectivity index (χ4v) is 2.13. The van der Waals surface area contributed by atoms with E-state index in [4.69, 9.17) is 4.74 Å². The number of nitrogens with zero attached hydrogens (tertiary/aromatic N) is 1. The van der Waals surface area contributed by atoms with Crippen LogP contribution in [0, 0.1) is 6.92 Å². The fourth-order valence-electron chi connectivity index (χ4n) is 2.13. The number of carbonyl (C=O) groups excluding carboxylic acids is 2. The van der Waals surface area contributed by atoms with Crippen LogP contribution in [0.4, 0.5) is 0 Å². The van der Waals surface area contributed by atoms with Gasteiger partial charge in [0.15, 0.2) is 0 Å². The fraction of sp³-hybridized carbons (Fsp3) is 0.278. The van der Waals surface area contributed by atoms with Gasteiger partial charge >= 0.3 is 5.97 Å². The smallest absolute Gasteiger partial charge is 0.328 e. The number of hydrogen-bond acceptors (Lipinski definition) is 4. The maximum atomic E-state index is 12.3. The van der Waals surface area contributed by atoms with Gasteiger partial charge in [-0.1, -0.05) is 30.3 Å². The Labute approximate surface area is 135 Å². The van der Waals surface area contributed by atoms with E-state index in [1.807, 2.05) is 37.3 Å². The number of rotatable bonds is 6. The average Bonchev–Trinajstić information content (AvgIpc) is 2.56. The normalized spacial score (nSPS) is 11.6. The van der Waals surface area contributed by atoms with Crippen molar-refractivity contribution in [3.63, 3.8) is 0 Å². The van der Waals surface area contributed by atoms with Crippen LogP contribution in [0.5, 0.6) is 0 Å². The van der Waals surface area contributed by atoms with Gasteiger partial charge in [0.1, 0.15) is 6.04 Å². The van der Waals surface area contributed by atoms with E-state index in [1.165, 1.54) is 6.20 Å². The highest BCUT2D eigenvalue weighted by Gasteiger charge is 2.23. The van der Waals surface area contributed by atoms with Crippen molar-refractivity contribution in [2.45, 2.75) is 26.3 Å². The first-order chi connectivity index (χ1) is 11.1. The zero-order chi connectivity index (χ0) is 16.7. The molecule has 1 unspecified atom stereocenters. The third kappa shape index (κ3) is 4.92. The Bertz CT molecular complexity index is 654. The van der Waals surface area contributed by atoms with Crippen molar-refractivity contribution in [1.82, 2.24) is 10.3 Å². The van der Waals surface area contributed by atoms with E-state index in [1.54, 1.807) is 19.1 Å². The number of amides is 1. The summed E-state index contributed by atoms with van der Waals surface area (Å²) in [5, 5.41) is 2.73. The van der Waals surface area contributed by atoms with Crippen LogP contribution in [-0.4, -0.2) is 29.5 Å². The van der Waals surface area contributed by atoms with Gasteiger partial charge in [0.05, 0.1) is 12.2 Å². The standard InChI is InChI=1S/C18H20N2O3/c1-3-23-18(22)16(11-14-7-5-4-6-8-14)20-17(21)15-10-9-13(2)19-12-15/h4-10,12,16H,3,11H2,1-2H3,(H,20,21). The molecule has 2 aromatic rings. The van der Waals surface area contributed by atoms with E-state index in [9.17, 15) is 9.59 Å². The molecule has 120 valence electrons. The summed E-state index contributed by atoms with van der Waals surface area (Å²) in [6, 6.07) is 12.2. The summed E-state index contributed by atoms with van der Waals surface area (Å²) in [5.74, 6) is -0.781. The lowest BCUT2D eigenvalue weighted by atomic mass is 10.1. The number of benzene rings is 1. The first kappa shape index (κ1) is 16.7. The molecule has 0 aliphatic rings. The van der Waals surface area contributed by atoms with Gasteiger partial charge in [-0.05, 0) is 31.5 Å². The van der Waals surface area contributed by atoms with Crippen LogP contribution in [0.15, 0.2) is 48.7 Å². The Kier molecular flexibility index (Phi) is 5.86. The van der Waals surface area contributed by atoms with Crippen molar-refractivity contribution in [3.05, 3.63) is 65.5 Å². The molecule has 0 bridgehead atoms. The molecular weight excluding hydrogens is 292 g/mol. The van der Waals surface area contributed by atoms with E-state index < -0.39 is 12.0 Å². The molecule has 23 heavy (non-hydrogen) atoms. The van der Waals surface area contributed by atoms with Crippen molar-refractivity contribution in [2.75, 3.05) is 6.61 Å². The molecule has 1 aromatic carbocycles. The molecule has 1 heterocycles. The van der Waals surface area contributed by atoms with Crippen LogP contribution in [0.1, 0.15) is 28.5 Å². The molecule has 1 aromatic heterocycles. The molecule has 0 aliphatic heterocycles. The van der Waals surface area contributed by atoms with Crippen molar-refractivity contribution >= 4 is 11.9 Å². The Hall–Kier alpha value is -2.69. The van der Waals surface area contributed by atoms with Gasteiger partial charge in [-0.15, -0.1) is 0 Å². The number of aryl methyl sites for hydroxylation is 1. The van der Waals surface area contributed by atoms with Crippen LogP contribution in [-0.2, 0) is 16.0 Å². The van der Waals surface area contributed by atoms with E-state index >= 15 is 0 Å². The number of hydrogen-bond donors (Lipinski definition) is 1. The van der Waals surface area contributed by atoms with Gasteiger partial charge in [-0.25, -0.2) is 4.79 Å². The summed E-state index contributed by atoms with van der Waals surface area (Å²) >= 11 is 0. The molecule has 0 saturated heterocycles. The maximum Gasteiger partial charge on any atom is 0.328 e. The Morgan fingerprint density at radius 2 is 1.91 bits per heavy atom. The molecule has 0 aliphatic carbocycles.